The first-order valence-electron chi connectivity index (χ1n) is 6.75. The van der Waals surface area contributed by atoms with Crippen LogP contribution in [0.25, 0.3) is 6.08 Å². The van der Waals surface area contributed by atoms with Gasteiger partial charge in [-0.3, -0.25) is 9.63 Å². The largest absolute Gasteiger partial charge is 0.481 e. The standard InChI is InChI=1S/C15H20N2O4/c1-20-14-11-16(9-8-15(18)19)13(17(14)21-2)10-12-6-4-3-5-7-12/h3-7,10,14H,8-9,11H2,1-2H3,(H,18,19). The Balaban J connectivity index is 2.25. The van der Waals surface area contributed by atoms with Crippen LogP contribution in [0.3, 0.4) is 0 Å². The van der Waals surface area contributed by atoms with Gasteiger partial charge >= 0.3 is 5.97 Å². The van der Waals surface area contributed by atoms with Gasteiger partial charge in [0.1, 0.15) is 5.82 Å². The number of carbonyl (C=O) groups is 1. The number of benzene rings is 1. The lowest BCUT2D eigenvalue weighted by Gasteiger charge is -2.23. The fraction of sp³-hybridized carbons (Fsp3) is 0.400. The van der Waals surface area contributed by atoms with E-state index in [0.29, 0.717) is 13.1 Å². The average molecular weight is 292 g/mol. The quantitative estimate of drug-likeness (QED) is 0.859. The molecule has 1 aromatic carbocycles. The summed E-state index contributed by atoms with van der Waals surface area (Å²) in [7, 11) is 3.18. The van der Waals surface area contributed by atoms with Gasteiger partial charge in [0, 0.05) is 13.7 Å². The normalized spacial score (nSPS) is 20.3. The fourth-order valence-corrected chi connectivity index (χ4v) is 2.31. The summed E-state index contributed by atoms with van der Waals surface area (Å²) in [5.74, 6) is -0.0179. The van der Waals surface area contributed by atoms with Crippen LogP contribution in [0.5, 0.6) is 0 Å². The Morgan fingerprint density at radius 2 is 2.10 bits per heavy atom. The van der Waals surface area contributed by atoms with Crippen molar-refractivity contribution in [3.8, 4) is 0 Å². The van der Waals surface area contributed by atoms with Gasteiger partial charge in [-0.15, -0.1) is 0 Å². The van der Waals surface area contributed by atoms with Gasteiger partial charge in [-0.25, -0.2) is 5.06 Å². The van der Waals surface area contributed by atoms with Crippen molar-refractivity contribution in [3.63, 3.8) is 0 Å². The van der Waals surface area contributed by atoms with E-state index in [4.69, 9.17) is 14.7 Å². The molecule has 0 spiro atoms. The molecule has 0 radical (unpaired) electrons. The third-order valence-electron chi connectivity index (χ3n) is 3.35. The molecule has 1 heterocycles. The summed E-state index contributed by atoms with van der Waals surface area (Å²) in [6, 6.07) is 9.82. The predicted molar refractivity (Wildman–Crippen MR) is 77.9 cm³/mol. The minimum absolute atomic E-state index is 0.0696. The van der Waals surface area contributed by atoms with Crippen molar-refractivity contribution in [2.45, 2.75) is 12.6 Å². The van der Waals surface area contributed by atoms with Crippen molar-refractivity contribution in [3.05, 3.63) is 41.7 Å². The fourth-order valence-electron chi connectivity index (χ4n) is 2.31. The lowest BCUT2D eigenvalue weighted by atomic mass is 10.2. The maximum atomic E-state index is 10.8. The molecule has 1 aliphatic rings. The van der Waals surface area contributed by atoms with E-state index >= 15 is 0 Å². The number of hydrogen-bond acceptors (Lipinski definition) is 5. The second kappa shape index (κ2) is 7.10. The Morgan fingerprint density at radius 1 is 1.38 bits per heavy atom. The minimum Gasteiger partial charge on any atom is -0.481 e. The zero-order valence-electron chi connectivity index (χ0n) is 12.2. The second-order valence-corrected chi connectivity index (χ2v) is 4.70. The number of ether oxygens (including phenoxy) is 1. The lowest BCUT2D eigenvalue weighted by molar-refractivity contribution is -0.184. The van der Waals surface area contributed by atoms with Crippen LogP contribution in [0.4, 0.5) is 0 Å². The van der Waals surface area contributed by atoms with Crippen molar-refractivity contribution in [2.24, 2.45) is 0 Å². The number of carboxylic acids is 1. The smallest absolute Gasteiger partial charge is 0.305 e. The van der Waals surface area contributed by atoms with E-state index in [1.54, 1.807) is 19.3 Å². The van der Waals surface area contributed by atoms with Gasteiger partial charge in [-0.2, -0.15) is 0 Å². The Kier molecular flexibility index (Phi) is 5.19. The highest BCUT2D eigenvalue weighted by Gasteiger charge is 2.34. The van der Waals surface area contributed by atoms with E-state index in [1.165, 1.54) is 0 Å². The Morgan fingerprint density at radius 3 is 2.67 bits per heavy atom. The van der Waals surface area contributed by atoms with Gasteiger partial charge in [-0.05, 0) is 11.6 Å². The van der Waals surface area contributed by atoms with Crippen LogP contribution in [0.1, 0.15) is 12.0 Å². The van der Waals surface area contributed by atoms with E-state index in [-0.39, 0.29) is 12.6 Å². The third-order valence-corrected chi connectivity index (χ3v) is 3.35. The van der Waals surface area contributed by atoms with Gasteiger partial charge in [0.2, 0.25) is 0 Å². The summed E-state index contributed by atoms with van der Waals surface area (Å²) in [6.45, 7) is 0.976. The summed E-state index contributed by atoms with van der Waals surface area (Å²) in [5, 5.41) is 10.5. The number of hydroxylamine groups is 2. The molecule has 6 nitrogen and oxygen atoms in total. The summed E-state index contributed by atoms with van der Waals surface area (Å²) < 4.78 is 5.39. The lowest BCUT2D eigenvalue weighted by Crippen LogP contribution is -2.30. The Hall–Kier alpha value is -2.05. The molecule has 0 bridgehead atoms. The molecule has 21 heavy (non-hydrogen) atoms. The van der Waals surface area contributed by atoms with Crippen LogP contribution in [-0.4, -0.2) is 54.6 Å². The van der Waals surface area contributed by atoms with Crippen LogP contribution >= 0.6 is 0 Å². The molecule has 1 fully saturated rings. The van der Waals surface area contributed by atoms with Crippen molar-refractivity contribution < 1.29 is 19.5 Å². The zero-order valence-corrected chi connectivity index (χ0v) is 12.2. The monoisotopic (exact) mass is 292 g/mol. The van der Waals surface area contributed by atoms with Gasteiger partial charge in [-0.1, -0.05) is 30.3 Å². The van der Waals surface area contributed by atoms with Crippen LogP contribution in [0.15, 0.2) is 36.2 Å². The number of rotatable bonds is 6. The van der Waals surface area contributed by atoms with Crippen molar-refractivity contribution in [1.82, 2.24) is 9.96 Å². The first-order chi connectivity index (χ1) is 10.2. The highest BCUT2D eigenvalue weighted by Crippen LogP contribution is 2.26. The molecule has 1 aliphatic heterocycles. The molecule has 1 unspecified atom stereocenters. The number of nitrogens with zero attached hydrogens (tertiary/aromatic N) is 2. The maximum absolute atomic E-state index is 10.8. The molecular weight excluding hydrogens is 272 g/mol. The molecule has 1 atom stereocenters. The average Bonchev–Trinajstić information content (AvgIpc) is 2.83. The Labute approximate surface area is 124 Å². The number of carboxylic acid groups (broad SMARTS) is 1. The molecule has 0 aromatic heterocycles. The molecule has 1 N–H and O–H groups in total. The molecule has 0 saturated carbocycles. The van der Waals surface area contributed by atoms with Gasteiger partial charge in [0.15, 0.2) is 6.23 Å². The minimum atomic E-state index is -0.820. The SMILES string of the molecule is COC1CN(CCC(=O)O)C(=Cc2ccccc2)N1OC. The summed E-state index contributed by atoms with van der Waals surface area (Å²) in [4.78, 5) is 18.1. The van der Waals surface area contributed by atoms with Crippen LogP contribution < -0.4 is 0 Å². The molecule has 1 saturated heterocycles. The summed E-state index contributed by atoms with van der Waals surface area (Å²) in [5.41, 5.74) is 1.02. The predicted octanol–water partition coefficient (Wildman–Crippen LogP) is 1.61. The molecule has 0 aliphatic carbocycles. The van der Waals surface area contributed by atoms with Crippen LogP contribution in [-0.2, 0) is 14.4 Å². The van der Waals surface area contributed by atoms with E-state index in [2.05, 4.69) is 0 Å². The van der Waals surface area contributed by atoms with Crippen LogP contribution in [0.2, 0.25) is 0 Å². The number of hydrogen-bond donors (Lipinski definition) is 1. The van der Waals surface area contributed by atoms with Gasteiger partial charge < -0.3 is 14.7 Å². The van der Waals surface area contributed by atoms with Crippen molar-refractivity contribution in [2.75, 3.05) is 27.3 Å². The number of aliphatic carboxylic acids is 1. The summed E-state index contributed by atoms with van der Waals surface area (Å²) in [6.07, 6.45) is 1.78. The van der Waals surface area contributed by atoms with E-state index in [0.717, 1.165) is 11.4 Å². The maximum Gasteiger partial charge on any atom is 0.305 e. The molecule has 114 valence electrons. The van der Waals surface area contributed by atoms with E-state index in [9.17, 15) is 4.79 Å². The molecule has 1 aromatic rings. The van der Waals surface area contributed by atoms with Crippen molar-refractivity contribution >= 4 is 12.0 Å². The second-order valence-electron chi connectivity index (χ2n) is 4.70. The highest BCUT2D eigenvalue weighted by molar-refractivity contribution is 5.67. The van der Waals surface area contributed by atoms with Gasteiger partial charge in [0.25, 0.3) is 0 Å². The first kappa shape index (κ1) is 15.3. The molecular formula is C15H20N2O4. The van der Waals surface area contributed by atoms with Crippen LogP contribution in [0, 0.1) is 0 Å². The Bertz CT molecular complexity index is 504. The van der Waals surface area contributed by atoms with E-state index < -0.39 is 5.97 Å². The van der Waals surface area contributed by atoms with E-state index in [1.807, 2.05) is 41.3 Å². The first-order valence-corrected chi connectivity index (χ1v) is 6.75. The third kappa shape index (κ3) is 3.74. The molecule has 0 amide bonds. The van der Waals surface area contributed by atoms with Crippen molar-refractivity contribution in [1.29, 1.82) is 0 Å². The summed E-state index contributed by atoms with van der Waals surface area (Å²) >= 11 is 0. The number of methoxy groups -OCH3 is 1. The topological polar surface area (TPSA) is 62.2 Å². The molecule has 6 heteroatoms. The van der Waals surface area contributed by atoms with Gasteiger partial charge in [0.05, 0.1) is 20.1 Å². The molecule has 2 rings (SSSR count). The zero-order chi connectivity index (χ0) is 15.2. The highest BCUT2D eigenvalue weighted by atomic mass is 16.7.